The minimum atomic E-state index is -0.228. The number of carbonyl (C=O) groups is 1. The number of hydrogen-bond acceptors (Lipinski definition) is 2. The van der Waals surface area contributed by atoms with Gasteiger partial charge < -0.3 is 5.73 Å². The van der Waals surface area contributed by atoms with E-state index < -0.39 is 0 Å². The largest absolute Gasteiger partial charge is 0.322 e. The maximum atomic E-state index is 11.0. The van der Waals surface area contributed by atoms with E-state index in [2.05, 4.69) is 6.92 Å². The first-order valence-electron chi connectivity index (χ1n) is 6.85. The van der Waals surface area contributed by atoms with Gasteiger partial charge in [0.05, 0.1) is 6.04 Å². The van der Waals surface area contributed by atoms with E-state index >= 15 is 0 Å². The molecule has 0 heterocycles. The summed E-state index contributed by atoms with van der Waals surface area (Å²) in [7, 11) is 0. The number of nitrogens with two attached hydrogens (primary N) is 1. The number of rotatable bonds is 8. The number of hydrogen-bond donors (Lipinski definition) is 1. The molecule has 0 aromatic heterocycles. The SMILES string of the molecule is CC(=O)[C@@H](N)CC[C@@H](C)CCCC1CCC1. The van der Waals surface area contributed by atoms with Gasteiger partial charge >= 0.3 is 0 Å². The maximum Gasteiger partial charge on any atom is 0.146 e. The fourth-order valence-electron chi connectivity index (χ4n) is 2.35. The summed E-state index contributed by atoms with van der Waals surface area (Å²) in [6, 6.07) is -0.228. The van der Waals surface area contributed by atoms with Gasteiger partial charge in [0.2, 0.25) is 0 Å². The minimum absolute atomic E-state index is 0.127. The van der Waals surface area contributed by atoms with Crippen LogP contribution in [0.2, 0.25) is 0 Å². The second-order valence-corrected chi connectivity index (χ2v) is 5.63. The van der Waals surface area contributed by atoms with Crippen LogP contribution in [0.4, 0.5) is 0 Å². The Morgan fingerprint density at radius 2 is 2.00 bits per heavy atom. The fraction of sp³-hybridized carbons (Fsp3) is 0.929. The molecule has 0 saturated heterocycles. The lowest BCUT2D eigenvalue weighted by molar-refractivity contribution is -0.118. The summed E-state index contributed by atoms with van der Waals surface area (Å²) in [6.07, 6.45) is 10.4. The van der Waals surface area contributed by atoms with Gasteiger partial charge in [0.25, 0.3) is 0 Å². The molecular formula is C14H27NO. The van der Waals surface area contributed by atoms with Crippen LogP contribution in [-0.4, -0.2) is 11.8 Å². The maximum absolute atomic E-state index is 11.0. The molecule has 1 aliphatic carbocycles. The summed E-state index contributed by atoms with van der Waals surface area (Å²) in [4.78, 5) is 11.0. The van der Waals surface area contributed by atoms with E-state index in [9.17, 15) is 4.79 Å². The summed E-state index contributed by atoms with van der Waals surface area (Å²) in [5, 5.41) is 0. The van der Waals surface area contributed by atoms with Crippen LogP contribution >= 0.6 is 0 Å². The van der Waals surface area contributed by atoms with Crippen LogP contribution < -0.4 is 5.73 Å². The Hall–Kier alpha value is -0.370. The molecule has 2 nitrogen and oxygen atoms in total. The molecule has 2 heteroatoms. The highest BCUT2D eigenvalue weighted by molar-refractivity contribution is 5.80. The molecule has 16 heavy (non-hydrogen) atoms. The standard InChI is InChI=1S/C14H27NO/c1-11(9-10-14(15)12(2)16)5-3-6-13-7-4-8-13/h11,13-14H,3-10,15H2,1-2H3/t11-,14-/m0/s1. The van der Waals surface area contributed by atoms with Gasteiger partial charge in [-0.1, -0.05) is 45.4 Å². The Bertz CT molecular complexity index is 211. The van der Waals surface area contributed by atoms with E-state index in [-0.39, 0.29) is 11.8 Å². The van der Waals surface area contributed by atoms with E-state index in [0.29, 0.717) is 0 Å². The Labute approximate surface area is 100.0 Å². The van der Waals surface area contributed by atoms with Crippen LogP contribution in [0, 0.1) is 11.8 Å². The number of Topliss-reactive ketones (excluding diaryl/α,β-unsaturated/α-hetero) is 1. The first-order valence-corrected chi connectivity index (χ1v) is 6.85. The van der Waals surface area contributed by atoms with Crippen molar-refractivity contribution in [1.82, 2.24) is 0 Å². The average molecular weight is 225 g/mol. The molecule has 2 N–H and O–H groups in total. The van der Waals surface area contributed by atoms with E-state index in [4.69, 9.17) is 5.73 Å². The van der Waals surface area contributed by atoms with E-state index in [1.165, 1.54) is 38.5 Å². The van der Waals surface area contributed by atoms with Crippen molar-refractivity contribution in [3.63, 3.8) is 0 Å². The predicted octanol–water partition coefficient (Wildman–Crippen LogP) is 3.29. The van der Waals surface area contributed by atoms with Crippen molar-refractivity contribution in [2.24, 2.45) is 17.6 Å². The quantitative estimate of drug-likeness (QED) is 0.689. The van der Waals surface area contributed by atoms with Crippen molar-refractivity contribution < 1.29 is 4.79 Å². The number of ketones is 1. The fourth-order valence-corrected chi connectivity index (χ4v) is 2.35. The van der Waals surface area contributed by atoms with Crippen molar-refractivity contribution in [1.29, 1.82) is 0 Å². The van der Waals surface area contributed by atoms with Crippen molar-refractivity contribution in [2.45, 2.75) is 71.3 Å². The minimum Gasteiger partial charge on any atom is -0.322 e. The lowest BCUT2D eigenvalue weighted by atomic mass is 9.81. The van der Waals surface area contributed by atoms with E-state index in [1.54, 1.807) is 6.92 Å². The normalized spacial score (nSPS) is 20.2. The van der Waals surface area contributed by atoms with Gasteiger partial charge in [-0.05, 0) is 31.6 Å². The van der Waals surface area contributed by atoms with Gasteiger partial charge in [0.1, 0.15) is 5.78 Å². The molecule has 0 spiro atoms. The van der Waals surface area contributed by atoms with E-state index in [0.717, 1.165) is 24.7 Å². The van der Waals surface area contributed by atoms with Crippen LogP contribution in [0.25, 0.3) is 0 Å². The molecule has 1 aliphatic rings. The Morgan fingerprint density at radius 3 is 2.50 bits per heavy atom. The Morgan fingerprint density at radius 1 is 1.31 bits per heavy atom. The van der Waals surface area contributed by atoms with Gasteiger partial charge in [-0.3, -0.25) is 4.79 Å². The predicted molar refractivity (Wildman–Crippen MR) is 68.2 cm³/mol. The van der Waals surface area contributed by atoms with Crippen LogP contribution in [0.3, 0.4) is 0 Å². The molecule has 0 amide bonds. The number of carbonyl (C=O) groups excluding carboxylic acids is 1. The topological polar surface area (TPSA) is 43.1 Å². The summed E-state index contributed by atoms with van der Waals surface area (Å²) in [5.74, 6) is 1.89. The van der Waals surface area contributed by atoms with Crippen LogP contribution in [0.15, 0.2) is 0 Å². The van der Waals surface area contributed by atoms with Gasteiger partial charge in [-0.2, -0.15) is 0 Å². The zero-order valence-electron chi connectivity index (χ0n) is 10.9. The molecule has 0 unspecified atom stereocenters. The first-order chi connectivity index (χ1) is 7.59. The van der Waals surface area contributed by atoms with Crippen LogP contribution in [-0.2, 0) is 4.79 Å². The summed E-state index contributed by atoms with van der Waals surface area (Å²) in [5.41, 5.74) is 5.72. The zero-order chi connectivity index (χ0) is 12.0. The molecule has 0 bridgehead atoms. The second kappa shape index (κ2) is 7.05. The Kier molecular flexibility index (Phi) is 6.04. The monoisotopic (exact) mass is 225 g/mol. The molecule has 94 valence electrons. The average Bonchev–Trinajstić information content (AvgIpc) is 2.17. The molecule has 1 fully saturated rings. The summed E-state index contributed by atoms with van der Waals surface area (Å²) >= 11 is 0. The lowest BCUT2D eigenvalue weighted by Crippen LogP contribution is -2.28. The van der Waals surface area contributed by atoms with Gasteiger partial charge in [-0.15, -0.1) is 0 Å². The molecule has 0 radical (unpaired) electrons. The molecule has 0 aromatic carbocycles. The highest BCUT2D eigenvalue weighted by Gasteiger charge is 2.17. The van der Waals surface area contributed by atoms with Gasteiger partial charge in [-0.25, -0.2) is 0 Å². The molecule has 1 rings (SSSR count). The summed E-state index contributed by atoms with van der Waals surface area (Å²) < 4.78 is 0. The molecule has 1 saturated carbocycles. The molecule has 0 aliphatic heterocycles. The van der Waals surface area contributed by atoms with Crippen molar-refractivity contribution in [2.75, 3.05) is 0 Å². The highest BCUT2D eigenvalue weighted by Crippen LogP contribution is 2.31. The third-order valence-corrected chi connectivity index (χ3v) is 4.03. The summed E-state index contributed by atoms with van der Waals surface area (Å²) in [6.45, 7) is 3.87. The van der Waals surface area contributed by atoms with Crippen molar-refractivity contribution in [3.05, 3.63) is 0 Å². The third-order valence-electron chi connectivity index (χ3n) is 4.03. The smallest absolute Gasteiger partial charge is 0.146 e. The second-order valence-electron chi connectivity index (χ2n) is 5.63. The lowest BCUT2D eigenvalue weighted by Gasteiger charge is -2.25. The highest BCUT2D eigenvalue weighted by atomic mass is 16.1. The van der Waals surface area contributed by atoms with Crippen LogP contribution in [0.5, 0.6) is 0 Å². The van der Waals surface area contributed by atoms with Crippen LogP contribution in [0.1, 0.15) is 65.2 Å². The van der Waals surface area contributed by atoms with Gasteiger partial charge in [0, 0.05) is 0 Å². The van der Waals surface area contributed by atoms with Gasteiger partial charge in [0.15, 0.2) is 0 Å². The van der Waals surface area contributed by atoms with E-state index in [1.807, 2.05) is 0 Å². The van der Waals surface area contributed by atoms with Crippen molar-refractivity contribution >= 4 is 5.78 Å². The molecular weight excluding hydrogens is 198 g/mol. The van der Waals surface area contributed by atoms with Crippen molar-refractivity contribution in [3.8, 4) is 0 Å². The first kappa shape index (κ1) is 13.7. The molecule has 0 aromatic rings. The Balaban J connectivity index is 1.97. The zero-order valence-corrected chi connectivity index (χ0v) is 10.9. The third kappa shape index (κ3) is 5.11. The molecule has 2 atom stereocenters.